The van der Waals surface area contributed by atoms with Crippen LogP contribution in [0.2, 0.25) is 0 Å². The van der Waals surface area contributed by atoms with Gasteiger partial charge >= 0.3 is 0 Å². The lowest BCUT2D eigenvalue weighted by Crippen LogP contribution is -2.23. The van der Waals surface area contributed by atoms with Gasteiger partial charge in [0.25, 0.3) is 5.91 Å². The maximum Gasteiger partial charge on any atom is 0.274 e. The second-order valence-corrected chi connectivity index (χ2v) is 3.68. The predicted molar refractivity (Wildman–Crippen MR) is 58.0 cm³/mol. The average Bonchev–Trinajstić information content (AvgIpc) is 2.18. The Hall–Kier alpha value is -0.870. The number of hydrogen-bond donors (Lipinski definition) is 1. The molecule has 1 aromatic carbocycles. The fourth-order valence-electron chi connectivity index (χ4n) is 0.983. The molecule has 0 unspecified atom stereocenters. The van der Waals surface area contributed by atoms with Crippen LogP contribution in [0, 0.1) is 6.92 Å². The Kier molecular flexibility index (Phi) is 4.10. The van der Waals surface area contributed by atoms with Crippen molar-refractivity contribution in [2.75, 3.05) is 6.61 Å². The lowest BCUT2D eigenvalue weighted by atomic mass is 10.1. The van der Waals surface area contributed by atoms with E-state index < -0.39 is 0 Å². The summed E-state index contributed by atoms with van der Waals surface area (Å²) in [5.41, 5.74) is 3.96. The highest BCUT2D eigenvalue weighted by atomic mass is 79.9. The van der Waals surface area contributed by atoms with E-state index in [1.165, 1.54) is 0 Å². The molecular weight excluding hydrogens is 246 g/mol. The molecule has 0 bridgehead atoms. The fourth-order valence-corrected chi connectivity index (χ4v) is 1.23. The summed E-state index contributed by atoms with van der Waals surface area (Å²) >= 11 is 3.37. The van der Waals surface area contributed by atoms with E-state index in [1.54, 1.807) is 12.1 Å². The Bertz CT molecular complexity index is 339. The predicted octanol–water partition coefficient (Wildman–Crippen LogP) is 2.44. The number of hydrogen-bond acceptors (Lipinski definition) is 2. The molecule has 76 valence electrons. The van der Waals surface area contributed by atoms with E-state index in [0.717, 1.165) is 10.0 Å². The molecule has 0 aromatic heterocycles. The first-order valence-corrected chi connectivity index (χ1v) is 5.12. The number of aryl methyl sites for hydroxylation is 1. The number of amides is 1. The Balaban J connectivity index is 2.76. The van der Waals surface area contributed by atoms with E-state index in [0.29, 0.717) is 12.2 Å². The molecule has 0 saturated heterocycles. The molecule has 1 aromatic rings. The van der Waals surface area contributed by atoms with E-state index in [4.69, 9.17) is 4.84 Å². The van der Waals surface area contributed by atoms with E-state index in [-0.39, 0.29) is 5.91 Å². The first kappa shape index (κ1) is 11.2. The third-order valence-corrected chi connectivity index (χ3v) is 2.62. The Morgan fingerprint density at radius 1 is 1.57 bits per heavy atom. The minimum absolute atomic E-state index is 0.220. The van der Waals surface area contributed by atoms with Crippen molar-refractivity contribution in [3.8, 4) is 0 Å². The van der Waals surface area contributed by atoms with Gasteiger partial charge in [-0.25, -0.2) is 5.48 Å². The maximum atomic E-state index is 11.4. The minimum Gasteiger partial charge on any atom is -0.274 e. The summed E-state index contributed by atoms with van der Waals surface area (Å²) in [6.07, 6.45) is 0. The topological polar surface area (TPSA) is 38.3 Å². The summed E-state index contributed by atoms with van der Waals surface area (Å²) in [5, 5.41) is 0. The molecule has 1 rings (SSSR count). The van der Waals surface area contributed by atoms with E-state index >= 15 is 0 Å². The summed E-state index contributed by atoms with van der Waals surface area (Å²) in [6, 6.07) is 5.39. The van der Waals surface area contributed by atoms with Crippen molar-refractivity contribution < 1.29 is 9.63 Å². The largest absolute Gasteiger partial charge is 0.274 e. The van der Waals surface area contributed by atoms with Crippen LogP contribution >= 0.6 is 15.9 Å². The molecule has 14 heavy (non-hydrogen) atoms. The van der Waals surface area contributed by atoms with Gasteiger partial charge in [-0.2, -0.15) is 0 Å². The number of rotatable bonds is 3. The molecule has 3 nitrogen and oxygen atoms in total. The standard InChI is InChI=1S/C10H12BrNO2/c1-3-14-12-10(13)8-4-5-9(11)7(2)6-8/h4-6H,3H2,1-2H3,(H,12,13). The zero-order valence-corrected chi connectivity index (χ0v) is 9.72. The number of benzene rings is 1. The highest BCUT2D eigenvalue weighted by molar-refractivity contribution is 9.10. The van der Waals surface area contributed by atoms with Gasteiger partial charge in [0, 0.05) is 10.0 Å². The van der Waals surface area contributed by atoms with Gasteiger partial charge in [-0.15, -0.1) is 0 Å². The second kappa shape index (κ2) is 5.12. The Labute approximate surface area is 91.5 Å². The number of carbonyl (C=O) groups excluding carboxylic acids is 1. The van der Waals surface area contributed by atoms with Crippen LogP contribution in [0.1, 0.15) is 22.8 Å². The molecule has 4 heteroatoms. The van der Waals surface area contributed by atoms with Crippen LogP contribution in [0.4, 0.5) is 0 Å². The van der Waals surface area contributed by atoms with Crippen LogP contribution in [0.3, 0.4) is 0 Å². The molecular formula is C10H12BrNO2. The highest BCUT2D eigenvalue weighted by Gasteiger charge is 2.05. The molecule has 0 aliphatic heterocycles. The number of halogens is 1. The van der Waals surface area contributed by atoms with Crippen LogP contribution in [0.5, 0.6) is 0 Å². The number of hydroxylamine groups is 1. The Morgan fingerprint density at radius 3 is 2.86 bits per heavy atom. The molecule has 1 amide bonds. The summed E-state index contributed by atoms with van der Waals surface area (Å²) in [6.45, 7) is 4.20. The maximum absolute atomic E-state index is 11.4. The molecule has 1 N–H and O–H groups in total. The van der Waals surface area contributed by atoms with Crippen molar-refractivity contribution in [3.05, 3.63) is 33.8 Å². The molecule has 0 radical (unpaired) electrons. The van der Waals surface area contributed by atoms with Gasteiger partial charge in [0.2, 0.25) is 0 Å². The van der Waals surface area contributed by atoms with Crippen LogP contribution in [0.15, 0.2) is 22.7 Å². The van der Waals surface area contributed by atoms with Gasteiger partial charge < -0.3 is 0 Å². The molecule has 0 fully saturated rings. The van der Waals surface area contributed by atoms with Crippen LogP contribution < -0.4 is 5.48 Å². The quantitative estimate of drug-likeness (QED) is 0.845. The molecule has 0 aliphatic carbocycles. The first-order valence-electron chi connectivity index (χ1n) is 4.33. The summed E-state index contributed by atoms with van der Waals surface area (Å²) in [5.74, 6) is -0.220. The minimum atomic E-state index is -0.220. The lowest BCUT2D eigenvalue weighted by molar-refractivity contribution is 0.0364. The zero-order chi connectivity index (χ0) is 10.6. The average molecular weight is 258 g/mol. The summed E-state index contributed by atoms with van der Waals surface area (Å²) in [7, 11) is 0. The van der Waals surface area contributed by atoms with Crippen molar-refractivity contribution in [2.24, 2.45) is 0 Å². The molecule has 0 saturated carbocycles. The highest BCUT2D eigenvalue weighted by Crippen LogP contribution is 2.16. The number of nitrogens with one attached hydrogen (secondary N) is 1. The third-order valence-electron chi connectivity index (χ3n) is 1.73. The van der Waals surface area contributed by atoms with Gasteiger partial charge in [0.1, 0.15) is 0 Å². The van der Waals surface area contributed by atoms with Gasteiger partial charge in [-0.3, -0.25) is 9.63 Å². The van der Waals surface area contributed by atoms with E-state index in [1.807, 2.05) is 19.9 Å². The second-order valence-electron chi connectivity index (χ2n) is 2.83. The van der Waals surface area contributed by atoms with Crippen molar-refractivity contribution >= 4 is 21.8 Å². The first-order chi connectivity index (χ1) is 6.65. The Morgan fingerprint density at radius 2 is 2.29 bits per heavy atom. The van der Waals surface area contributed by atoms with Gasteiger partial charge in [-0.1, -0.05) is 15.9 Å². The molecule has 0 heterocycles. The van der Waals surface area contributed by atoms with Gasteiger partial charge in [0.15, 0.2) is 0 Å². The monoisotopic (exact) mass is 257 g/mol. The number of carbonyl (C=O) groups is 1. The summed E-state index contributed by atoms with van der Waals surface area (Å²) < 4.78 is 0.991. The molecule has 0 aliphatic rings. The fraction of sp³-hybridized carbons (Fsp3) is 0.300. The van der Waals surface area contributed by atoms with Crippen LogP contribution in [0.25, 0.3) is 0 Å². The smallest absolute Gasteiger partial charge is 0.274 e. The normalized spacial score (nSPS) is 9.93. The SMILES string of the molecule is CCONC(=O)c1ccc(Br)c(C)c1. The van der Waals surface area contributed by atoms with E-state index in [9.17, 15) is 4.79 Å². The van der Waals surface area contributed by atoms with Crippen molar-refractivity contribution in [3.63, 3.8) is 0 Å². The van der Waals surface area contributed by atoms with Gasteiger partial charge in [0.05, 0.1) is 6.61 Å². The molecule has 0 spiro atoms. The van der Waals surface area contributed by atoms with Gasteiger partial charge in [-0.05, 0) is 37.6 Å². The van der Waals surface area contributed by atoms with Crippen molar-refractivity contribution in [1.29, 1.82) is 0 Å². The van der Waals surface area contributed by atoms with Crippen LogP contribution in [-0.2, 0) is 4.84 Å². The van der Waals surface area contributed by atoms with Crippen molar-refractivity contribution in [2.45, 2.75) is 13.8 Å². The van der Waals surface area contributed by atoms with E-state index in [2.05, 4.69) is 21.4 Å². The zero-order valence-electron chi connectivity index (χ0n) is 8.13. The van der Waals surface area contributed by atoms with Crippen molar-refractivity contribution in [1.82, 2.24) is 5.48 Å². The molecule has 0 atom stereocenters. The lowest BCUT2D eigenvalue weighted by Gasteiger charge is -2.05. The summed E-state index contributed by atoms with van der Waals surface area (Å²) in [4.78, 5) is 16.2. The third kappa shape index (κ3) is 2.82. The van der Waals surface area contributed by atoms with Crippen LogP contribution in [-0.4, -0.2) is 12.5 Å².